The topological polar surface area (TPSA) is 90.0 Å². The molecule has 0 radical (unpaired) electrons. The zero-order valence-corrected chi connectivity index (χ0v) is 14.5. The molecule has 0 spiro atoms. The zero-order chi connectivity index (χ0) is 17.2. The first-order valence-corrected chi connectivity index (χ1v) is 9.26. The Bertz CT molecular complexity index is 680. The van der Waals surface area contributed by atoms with Gasteiger partial charge in [0.05, 0.1) is 40.9 Å². The first-order valence-electron chi connectivity index (χ1n) is 7.06. The molecule has 0 aliphatic carbocycles. The summed E-state index contributed by atoms with van der Waals surface area (Å²) in [7, 11) is 0.0940. The fourth-order valence-corrected chi connectivity index (χ4v) is 4.53. The minimum atomic E-state index is -3.30. The lowest BCUT2D eigenvalue weighted by atomic mass is 10.2. The molecule has 2 unspecified atom stereocenters. The number of carbonyl (C=O) groups is 1. The van der Waals surface area contributed by atoms with Gasteiger partial charge in [0.1, 0.15) is 0 Å². The normalized spacial score (nSPS) is 23.4. The van der Waals surface area contributed by atoms with Gasteiger partial charge in [0, 0.05) is 14.1 Å². The molecule has 1 aromatic rings. The SMILES string of the molecule is CN(C)N(CC(=O)Nc1ccccc1Cl)C1CS(=O)(=O)CC1O. The van der Waals surface area contributed by atoms with Crippen LogP contribution in [0, 0.1) is 0 Å². The predicted octanol–water partition coefficient (Wildman–Crippen LogP) is 0.215. The van der Waals surface area contributed by atoms with Crippen molar-refractivity contribution in [3.8, 4) is 0 Å². The van der Waals surface area contributed by atoms with Gasteiger partial charge in [-0.25, -0.2) is 18.4 Å². The predicted molar refractivity (Wildman–Crippen MR) is 88.9 cm³/mol. The van der Waals surface area contributed by atoms with Crippen LogP contribution in [0.3, 0.4) is 0 Å². The summed E-state index contributed by atoms with van der Waals surface area (Å²) in [5.74, 6) is -0.803. The van der Waals surface area contributed by atoms with E-state index >= 15 is 0 Å². The molecule has 2 N–H and O–H groups in total. The Labute approximate surface area is 140 Å². The number of aliphatic hydroxyl groups excluding tert-OH is 1. The number of sulfone groups is 1. The second kappa shape index (κ2) is 7.14. The minimum Gasteiger partial charge on any atom is -0.390 e. The molecule has 1 aliphatic rings. The maximum atomic E-state index is 12.2. The number of para-hydroxylation sites is 1. The molecule has 1 heterocycles. The van der Waals surface area contributed by atoms with E-state index in [1.165, 1.54) is 0 Å². The second-order valence-electron chi connectivity index (χ2n) is 5.68. The van der Waals surface area contributed by atoms with E-state index in [-0.39, 0.29) is 24.0 Å². The van der Waals surface area contributed by atoms with Crippen LogP contribution in [0.5, 0.6) is 0 Å². The van der Waals surface area contributed by atoms with Gasteiger partial charge in [0.25, 0.3) is 0 Å². The molecule has 1 aliphatic heterocycles. The van der Waals surface area contributed by atoms with E-state index in [9.17, 15) is 18.3 Å². The standard InChI is InChI=1S/C14H20ClN3O4S/c1-17(2)18(12-8-23(21,22)9-13(12)19)7-14(20)16-11-6-4-3-5-10(11)15/h3-6,12-13,19H,7-9H2,1-2H3,(H,16,20). The molecule has 9 heteroatoms. The third kappa shape index (κ3) is 4.65. The molecule has 1 fully saturated rings. The largest absolute Gasteiger partial charge is 0.390 e. The molecule has 2 atom stereocenters. The molecular formula is C14H20ClN3O4S. The summed E-state index contributed by atoms with van der Waals surface area (Å²) in [6, 6.07) is 6.19. The summed E-state index contributed by atoms with van der Waals surface area (Å²) in [6.07, 6.45) is -1.02. The quantitative estimate of drug-likeness (QED) is 0.729. The fraction of sp³-hybridized carbons (Fsp3) is 0.500. The molecule has 0 saturated carbocycles. The van der Waals surface area contributed by atoms with E-state index < -0.39 is 22.0 Å². The van der Waals surface area contributed by atoms with E-state index in [2.05, 4.69) is 5.32 Å². The number of hydrogen-bond acceptors (Lipinski definition) is 6. The summed E-state index contributed by atoms with van der Waals surface area (Å²) in [5.41, 5.74) is 0.484. The summed E-state index contributed by atoms with van der Waals surface area (Å²) in [5, 5.41) is 16.2. The summed E-state index contributed by atoms with van der Waals surface area (Å²) < 4.78 is 23.4. The summed E-state index contributed by atoms with van der Waals surface area (Å²) in [4.78, 5) is 12.2. The number of hydrazine groups is 1. The number of amides is 1. The molecule has 0 bridgehead atoms. The van der Waals surface area contributed by atoms with Crippen LogP contribution >= 0.6 is 11.6 Å². The maximum absolute atomic E-state index is 12.2. The van der Waals surface area contributed by atoms with E-state index in [1.54, 1.807) is 48.4 Å². The number of aliphatic hydroxyl groups is 1. The minimum absolute atomic E-state index is 0.0878. The molecule has 0 aromatic heterocycles. The van der Waals surface area contributed by atoms with Crippen LogP contribution in [-0.4, -0.2) is 73.7 Å². The van der Waals surface area contributed by atoms with Crippen LogP contribution in [0.1, 0.15) is 0 Å². The van der Waals surface area contributed by atoms with Crippen LogP contribution < -0.4 is 5.32 Å². The van der Waals surface area contributed by atoms with Crippen molar-refractivity contribution in [1.29, 1.82) is 0 Å². The Morgan fingerprint density at radius 2 is 2.00 bits per heavy atom. The Balaban J connectivity index is 2.08. The number of halogens is 1. The highest BCUT2D eigenvalue weighted by Gasteiger charge is 2.41. The first-order chi connectivity index (χ1) is 10.7. The van der Waals surface area contributed by atoms with Crippen LogP contribution in [0.2, 0.25) is 5.02 Å². The number of anilines is 1. The van der Waals surface area contributed by atoms with Crippen molar-refractivity contribution in [2.24, 2.45) is 0 Å². The van der Waals surface area contributed by atoms with E-state index in [0.29, 0.717) is 10.7 Å². The van der Waals surface area contributed by atoms with Crippen molar-refractivity contribution in [2.45, 2.75) is 12.1 Å². The molecule has 1 aromatic carbocycles. The lowest BCUT2D eigenvalue weighted by molar-refractivity contribution is -0.125. The van der Waals surface area contributed by atoms with Crippen molar-refractivity contribution in [3.63, 3.8) is 0 Å². The molecular weight excluding hydrogens is 342 g/mol. The number of nitrogens with zero attached hydrogens (tertiary/aromatic N) is 2. The van der Waals surface area contributed by atoms with Gasteiger partial charge in [0.2, 0.25) is 5.91 Å². The third-order valence-electron chi connectivity index (χ3n) is 3.64. The fourth-order valence-electron chi connectivity index (χ4n) is 2.55. The van der Waals surface area contributed by atoms with Crippen molar-refractivity contribution in [1.82, 2.24) is 10.0 Å². The average Bonchev–Trinajstić information content (AvgIpc) is 2.71. The number of nitrogens with one attached hydrogen (secondary N) is 1. The van der Waals surface area contributed by atoms with Gasteiger partial charge in [-0.3, -0.25) is 4.79 Å². The molecule has 128 valence electrons. The van der Waals surface area contributed by atoms with Crippen molar-refractivity contribution in [3.05, 3.63) is 29.3 Å². The third-order valence-corrected chi connectivity index (χ3v) is 5.67. The number of carbonyl (C=O) groups excluding carboxylic acids is 1. The number of rotatable bonds is 5. The highest BCUT2D eigenvalue weighted by atomic mass is 35.5. The van der Waals surface area contributed by atoms with E-state index in [1.807, 2.05) is 0 Å². The van der Waals surface area contributed by atoms with Gasteiger partial charge in [-0.05, 0) is 12.1 Å². The lowest BCUT2D eigenvalue weighted by Gasteiger charge is -2.34. The molecule has 7 nitrogen and oxygen atoms in total. The van der Waals surface area contributed by atoms with Crippen molar-refractivity contribution in [2.75, 3.05) is 37.5 Å². The summed E-state index contributed by atoms with van der Waals surface area (Å²) in [6.45, 7) is -0.0878. The Morgan fingerprint density at radius 3 is 2.52 bits per heavy atom. The van der Waals surface area contributed by atoms with Crippen molar-refractivity contribution < 1.29 is 18.3 Å². The Kier molecular flexibility index (Phi) is 5.64. The van der Waals surface area contributed by atoms with Gasteiger partial charge in [0.15, 0.2) is 9.84 Å². The molecule has 1 amide bonds. The summed E-state index contributed by atoms with van der Waals surface area (Å²) >= 11 is 6.00. The van der Waals surface area contributed by atoms with Gasteiger partial charge in [-0.15, -0.1) is 0 Å². The second-order valence-corrected chi connectivity index (χ2v) is 8.25. The monoisotopic (exact) mass is 361 g/mol. The Morgan fingerprint density at radius 1 is 1.35 bits per heavy atom. The van der Waals surface area contributed by atoms with E-state index in [0.717, 1.165) is 0 Å². The van der Waals surface area contributed by atoms with Crippen LogP contribution in [0.4, 0.5) is 5.69 Å². The van der Waals surface area contributed by atoms with Gasteiger partial charge >= 0.3 is 0 Å². The molecule has 2 rings (SSSR count). The van der Waals surface area contributed by atoms with Gasteiger partial charge in [-0.2, -0.15) is 0 Å². The highest BCUT2D eigenvalue weighted by molar-refractivity contribution is 7.91. The van der Waals surface area contributed by atoms with Crippen LogP contribution in [0.25, 0.3) is 0 Å². The molecule has 1 saturated heterocycles. The van der Waals surface area contributed by atoms with Crippen molar-refractivity contribution >= 4 is 33.0 Å². The number of hydrogen-bond donors (Lipinski definition) is 2. The van der Waals surface area contributed by atoms with E-state index in [4.69, 9.17) is 11.6 Å². The van der Waals surface area contributed by atoms with Crippen LogP contribution in [-0.2, 0) is 14.6 Å². The average molecular weight is 362 g/mol. The smallest absolute Gasteiger partial charge is 0.240 e. The highest BCUT2D eigenvalue weighted by Crippen LogP contribution is 2.22. The first kappa shape index (κ1) is 18.2. The zero-order valence-electron chi connectivity index (χ0n) is 12.9. The molecule has 23 heavy (non-hydrogen) atoms. The lowest BCUT2D eigenvalue weighted by Crippen LogP contribution is -2.53. The van der Waals surface area contributed by atoms with Crippen LogP contribution in [0.15, 0.2) is 24.3 Å². The van der Waals surface area contributed by atoms with Gasteiger partial charge < -0.3 is 10.4 Å². The number of benzene rings is 1. The maximum Gasteiger partial charge on any atom is 0.240 e. The Hall–Kier alpha value is -1.19. The van der Waals surface area contributed by atoms with Gasteiger partial charge in [-0.1, -0.05) is 23.7 Å².